The standard InChI is InChI=1S/C15H19N3O4/c1-9(2)17-8-11(7-14(17)19)15(20)16-13-5-4-12(18(21)22)6-10(13)3/h4-6,9,11H,7-8H2,1-3H3,(H,16,20)/t11-/m1/s1. The first kappa shape index (κ1) is 15.9. The van der Waals surface area contributed by atoms with Gasteiger partial charge in [-0.15, -0.1) is 0 Å². The van der Waals surface area contributed by atoms with Gasteiger partial charge in [-0.05, 0) is 32.4 Å². The Morgan fingerprint density at radius 2 is 2.14 bits per heavy atom. The zero-order valence-electron chi connectivity index (χ0n) is 12.8. The molecule has 0 radical (unpaired) electrons. The highest BCUT2D eigenvalue weighted by Gasteiger charge is 2.35. The summed E-state index contributed by atoms with van der Waals surface area (Å²) >= 11 is 0. The Morgan fingerprint density at radius 1 is 1.45 bits per heavy atom. The summed E-state index contributed by atoms with van der Waals surface area (Å²) in [5.74, 6) is -0.631. The number of rotatable bonds is 4. The number of nitrogens with zero attached hydrogens (tertiary/aromatic N) is 2. The average molecular weight is 305 g/mol. The van der Waals surface area contributed by atoms with Crippen molar-refractivity contribution in [2.24, 2.45) is 5.92 Å². The van der Waals surface area contributed by atoms with Crippen molar-refractivity contribution < 1.29 is 14.5 Å². The fraction of sp³-hybridized carbons (Fsp3) is 0.467. The van der Waals surface area contributed by atoms with Gasteiger partial charge in [0.05, 0.1) is 10.8 Å². The second kappa shape index (κ2) is 6.13. The van der Waals surface area contributed by atoms with Crippen LogP contribution in [0.2, 0.25) is 0 Å². The lowest BCUT2D eigenvalue weighted by molar-refractivity contribution is -0.384. The molecule has 1 aromatic carbocycles. The summed E-state index contributed by atoms with van der Waals surface area (Å²) in [6.45, 7) is 5.94. The summed E-state index contributed by atoms with van der Waals surface area (Å²) in [5, 5.41) is 13.5. The van der Waals surface area contributed by atoms with Crippen molar-refractivity contribution in [3.05, 3.63) is 33.9 Å². The molecule has 1 atom stereocenters. The quantitative estimate of drug-likeness (QED) is 0.681. The van der Waals surface area contributed by atoms with Crippen LogP contribution in [0.4, 0.5) is 11.4 Å². The number of amides is 2. The first-order chi connectivity index (χ1) is 10.3. The number of hydrogen-bond donors (Lipinski definition) is 1. The van der Waals surface area contributed by atoms with E-state index in [0.717, 1.165) is 0 Å². The highest BCUT2D eigenvalue weighted by Crippen LogP contribution is 2.25. The van der Waals surface area contributed by atoms with Gasteiger partial charge < -0.3 is 10.2 Å². The summed E-state index contributed by atoms with van der Waals surface area (Å²) in [6, 6.07) is 4.35. The lowest BCUT2D eigenvalue weighted by atomic mass is 10.1. The number of hydrogen-bond acceptors (Lipinski definition) is 4. The molecule has 0 aliphatic carbocycles. The van der Waals surface area contributed by atoms with Crippen LogP contribution >= 0.6 is 0 Å². The molecule has 0 saturated carbocycles. The van der Waals surface area contributed by atoms with E-state index in [-0.39, 0.29) is 35.9 Å². The Bertz CT molecular complexity index is 627. The van der Waals surface area contributed by atoms with Gasteiger partial charge in [-0.2, -0.15) is 0 Å². The largest absolute Gasteiger partial charge is 0.339 e. The van der Waals surface area contributed by atoms with E-state index in [1.165, 1.54) is 18.2 Å². The zero-order valence-corrected chi connectivity index (χ0v) is 12.8. The number of nitro benzene ring substituents is 1. The van der Waals surface area contributed by atoms with Crippen molar-refractivity contribution >= 4 is 23.2 Å². The third-order valence-corrected chi connectivity index (χ3v) is 3.83. The van der Waals surface area contributed by atoms with Gasteiger partial charge in [-0.25, -0.2) is 0 Å². The smallest absolute Gasteiger partial charge is 0.269 e. The summed E-state index contributed by atoms with van der Waals surface area (Å²) < 4.78 is 0. The Morgan fingerprint density at radius 3 is 2.64 bits per heavy atom. The fourth-order valence-electron chi connectivity index (χ4n) is 2.54. The van der Waals surface area contributed by atoms with E-state index >= 15 is 0 Å². The summed E-state index contributed by atoms with van der Waals surface area (Å²) in [4.78, 5) is 36.0. The number of carbonyl (C=O) groups is 2. The Kier molecular flexibility index (Phi) is 4.44. The van der Waals surface area contributed by atoms with Crippen LogP contribution in [0.15, 0.2) is 18.2 Å². The number of nitrogens with one attached hydrogen (secondary N) is 1. The highest BCUT2D eigenvalue weighted by atomic mass is 16.6. The molecule has 2 rings (SSSR count). The van der Waals surface area contributed by atoms with E-state index in [1.54, 1.807) is 11.8 Å². The maximum Gasteiger partial charge on any atom is 0.269 e. The molecule has 7 nitrogen and oxygen atoms in total. The molecule has 1 heterocycles. The van der Waals surface area contributed by atoms with Crippen molar-refractivity contribution in [1.82, 2.24) is 4.90 Å². The van der Waals surface area contributed by atoms with Gasteiger partial charge in [-0.3, -0.25) is 19.7 Å². The van der Waals surface area contributed by atoms with Crippen molar-refractivity contribution in [1.29, 1.82) is 0 Å². The molecule has 1 aromatic rings. The number of non-ortho nitro benzene ring substituents is 1. The molecule has 0 unspecified atom stereocenters. The molecule has 1 fully saturated rings. The Hall–Kier alpha value is -2.44. The third-order valence-electron chi connectivity index (χ3n) is 3.83. The maximum atomic E-state index is 12.3. The van der Waals surface area contributed by atoms with Crippen LogP contribution in [0.1, 0.15) is 25.8 Å². The SMILES string of the molecule is Cc1cc([N+](=O)[O-])ccc1NC(=O)[C@@H]1CC(=O)N(C(C)C)C1. The molecule has 7 heteroatoms. The molecule has 0 aromatic heterocycles. The number of nitro groups is 1. The number of anilines is 1. The van der Waals surface area contributed by atoms with Crippen LogP contribution in [0, 0.1) is 23.0 Å². The molecule has 1 aliphatic rings. The van der Waals surface area contributed by atoms with Crippen LogP contribution in [0.25, 0.3) is 0 Å². The van der Waals surface area contributed by atoms with Gasteiger partial charge in [0.1, 0.15) is 0 Å². The molecule has 0 bridgehead atoms. The zero-order chi connectivity index (χ0) is 16.4. The molecule has 2 amide bonds. The van der Waals surface area contributed by atoms with Gasteiger partial charge in [0.25, 0.3) is 5.69 Å². The van der Waals surface area contributed by atoms with Gasteiger partial charge >= 0.3 is 0 Å². The first-order valence-electron chi connectivity index (χ1n) is 7.15. The molecule has 1 saturated heterocycles. The molecule has 1 aliphatic heterocycles. The predicted octanol–water partition coefficient (Wildman–Crippen LogP) is 2.10. The number of aryl methyl sites for hydroxylation is 1. The van der Waals surface area contributed by atoms with Crippen LogP contribution in [-0.2, 0) is 9.59 Å². The first-order valence-corrected chi connectivity index (χ1v) is 7.15. The van der Waals surface area contributed by atoms with Crippen molar-refractivity contribution in [2.45, 2.75) is 33.2 Å². The highest BCUT2D eigenvalue weighted by molar-refractivity contribution is 5.97. The van der Waals surface area contributed by atoms with Crippen LogP contribution in [0.3, 0.4) is 0 Å². The molecule has 22 heavy (non-hydrogen) atoms. The summed E-state index contributed by atoms with van der Waals surface area (Å²) in [7, 11) is 0. The average Bonchev–Trinajstić information content (AvgIpc) is 2.83. The molecule has 1 N–H and O–H groups in total. The molecular formula is C15H19N3O4. The minimum atomic E-state index is -0.477. The van der Waals surface area contributed by atoms with Gasteiger partial charge in [0.15, 0.2) is 0 Å². The van der Waals surface area contributed by atoms with E-state index in [1.807, 2.05) is 13.8 Å². The van der Waals surface area contributed by atoms with E-state index in [0.29, 0.717) is 17.8 Å². The van der Waals surface area contributed by atoms with Gasteiger partial charge in [0, 0.05) is 36.8 Å². The minimum absolute atomic E-state index is 0.0162. The topological polar surface area (TPSA) is 92.5 Å². The van der Waals surface area contributed by atoms with E-state index < -0.39 is 4.92 Å². The van der Waals surface area contributed by atoms with Crippen molar-refractivity contribution in [3.63, 3.8) is 0 Å². The number of likely N-dealkylation sites (tertiary alicyclic amines) is 1. The van der Waals surface area contributed by atoms with E-state index in [9.17, 15) is 19.7 Å². The molecule has 118 valence electrons. The maximum absolute atomic E-state index is 12.3. The molecular weight excluding hydrogens is 286 g/mol. The number of carbonyl (C=O) groups excluding carboxylic acids is 2. The Labute approximate surface area is 128 Å². The van der Waals surface area contributed by atoms with Gasteiger partial charge in [0.2, 0.25) is 11.8 Å². The van der Waals surface area contributed by atoms with Crippen molar-refractivity contribution in [3.8, 4) is 0 Å². The second-order valence-corrected chi connectivity index (χ2v) is 5.79. The lowest BCUT2D eigenvalue weighted by Crippen LogP contribution is -2.33. The minimum Gasteiger partial charge on any atom is -0.339 e. The lowest BCUT2D eigenvalue weighted by Gasteiger charge is -2.20. The normalized spacial score (nSPS) is 17.9. The fourth-order valence-corrected chi connectivity index (χ4v) is 2.54. The monoisotopic (exact) mass is 305 g/mol. The van der Waals surface area contributed by atoms with Crippen LogP contribution < -0.4 is 5.32 Å². The number of benzene rings is 1. The van der Waals surface area contributed by atoms with E-state index in [4.69, 9.17) is 0 Å². The Balaban J connectivity index is 2.07. The summed E-state index contributed by atoms with van der Waals surface area (Å²) in [5.41, 5.74) is 1.14. The van der Waals surface area contributed by atoms with Gasteiger partial charge in [-0.1, -0.05) is 0 Å². The second-order valence-electron chi connectivity index (χ2n) is 5.79. The van der Waals surface area contributed by atoms with Crippen LogP contribution in [-0.4, -0.2) is 34.2 Å². The van der Waals surface area contributed by atoms with E-state index in [2.05, 4.69) is 5.32 Å². The van der Waals surface area contributed by atoms with Crippen molar-refractivity contribution in [2.75, 3.05) is 11.9 Å². The third kappa shape index (κ3) is 3.24. The predicted molar refractivity (Wildman–Crippen MR) is 81.4 cm³/mol. The van der Waals surface area contributed by atoms with Crippen LogP contribution in [0.5, 0.6) is 0 Å². The summed E-state index contributed by atoms with van der Waals surface area (Å²) in [6.07, 6.45) is 0.204. The molecule has 0 spiro atoms.